The second-order valence-electron chi connectivity index (χ2n) is 4.37. The monoisotopic (exact) mass is 200 g/mol. The van der Waals surface area contributed by atoms with Gasteiger partial charge < -0.3 is 10.5 Å². The lowest BCUT2D eigenvalue weighted by Gasteiger charge is -2.33. The highest BCUT2D eigenvalue weighted by atomic mass is 16.5. The summed E-state index contributed by atoms with van der Waals surface area (Å²) in [4.78, 5) is 2.43. The van der Waals surface area contributed by atoms with Crippen molar-refractivity contribution in [2.45, 2.75) is 45.3 Å². The van der Waals surface area contributed by atoms with Gasteiger partial charge in [-0.3, -0.25) is 4.90 Å². The SMILES string of the molecule is CCCOC1CCCN(C[C@@H](C)N)C1. The lowest BCUT2D eigenvalue weighted by atomic mass is 10.1. The predicted molar refractivity (Wildman–Crippen MR) is 59.4 cm³/mol. The molecule has 1 heterocycles. The van der Waals surface area contributed by atoms with E-state index in [1.165, 1.54) is 19.4 Å². The molecular weight excluding hydrogens is 176 g/mol. The summed E-state index contributed by atoms with van der Waals surface area (Å²) < 4.78 is 5.76. The molecule has 1 rings (SSSR count). The van der Waals surface area contributed by atoms with Gasteiger partial charge in [-0.15, -0.1) is 0 Å². The third kappa shape index (κ3) is 4.40. The van der Waals surface area contributed by atoms with Crippen LogP contribution in [0.2, 0.25) is 0 Å². The van der Waals surface area contributed by atoms with E-state index in [-0.39, 0.29) is 6.04 Å². The van der Waals surface area contributed by atoms with Gasteiger partial charge >= 0.3 is 0 Å². The summed E-state index contributed by atoms with van der Waals surface area (Å²) >= 11 is 0. The predicted octanol–water partition coefficient (Wildman–Crippen LogP) is 1.22. The van der Waals surface area contributed by atoms with Gasteiger partial charge in [-0.25, -0.2) is 0 Å². The molecule has 0 saturated carbocycles. The van der Waals surface area contributed by atoms with E-state index in [9.17, 15) is 0 Å². The van der Waals surface area contributed by atoms with Gasteiger partial charge in [0, 0.05) is 25.7 Å². The largest absolute Gasteiger partial charge is 0.377 e. The van der Waals surface area contributed by atoms with Gasteiger partial charge in [0.2, 0.25) is 0 Å². The minimum Gasteiger partial charge on any atom is -0.377 e. The second kappa shape index (κ2) is 6.38. The Bertz CT molecular complexity index is 150. The number of ether oxygens (including phenoxy) is 1. The zero-order valence-corrected chi connectivity index (χ0v) is 9.54. The molecule has 2 N–H and O–H groups in total. The van der Waals surface area contributed by atoms with Gasteiger partial charge in [0.05, 0.1) is 6.10 Å². The Balaban J connectivity index is 2.21. The number of likely N-dealkylation sites (tertiary alicyclic amines) is 1. The van der Waals surface area contributed by atoms with Crippen LogP contribution >= 0.6 is 0 Å². The highest BCUT2D eigenvalue weighted by molar-refractivity contribution is 4.75. The van der Waals surface area contributed by atoms with Gasteiger partial charge in [0.1, 0.15) is 0 Å². The summed E-state index contributed by atoms with van der Waals surface area (Å²) in [6, 6.07) is 0.278. The van der Waals surface area contributed by atoms with Crippen molar-refractivity contribution in [2.75, 3.05) is 26.2 Å². The highest BCUT2D eigenvalue weighted by Gasteiger charge is 2.20. The Hall–Kier alpha value is -0.120. The summed E-state index contributed by atoms with van der Waals surface area (Å²) in [7, 11) is 0. The number of nitrogens with two attached hydrogens (primary N) is 1. The maximum atomic E-state index is 5.79. The van der Waals surface area contributed by atoms with Crippen LogP contribution in [0.5, 0.6) is 0 Å². The highest BCUT2D eigenvalue weighted by Crippen LogP contribution is 2.13. The topological polar surface area (TPSA) is 38.5 Å². The van der Waals surface area contributed by atoms with Gasteiger partial charge in [0.25, 0.3) is 0 Å². The van der Waals surface area contributed by atoms with E-state index in [0.29, 0.717) is 6.10 Å². The molecular formula is C11H24N2O. The van der Waals surface area contributed by atoms with Crippen LogP contribution in [0.25, 0.3) is 0 Å². The maximum absolute atomic E-state index is 5.79. The van der Waals surface area contributed by atoms with E-state index in [0.717, 1.165) is 26.1 Å². The van der Waals surface area contributed by atoms with Gasteiger partial charge in [-0.1, -0.05) is 6.92 Å². The third-order valence-corrected chi connectivity index (χ3v) is 2.57. The summed E-state index contributed by atoms with van der Waals surface area (Å²) in [5.41, 5.74) is 5.79. The molecule has 3 heteroatoms. The van der Waals surface area contributed by atoms with Crippen LogP contribution in [0, 0.1) is 0 Å². The van der Waals surface area contributed by atoms with E-state index < -0.39 is 0 Å². The average Bonchev–Trinajstić information content (AvgIpc) is 2.14. The van der Waals surface area contributed by atoms with Crippen molar-refractivity contribution in [3.8, 4) is 0 Å². The van der Waals surface area contributed by atoms with Crippen molar-refractivity contribution in [1.29, 1.82) is 0 Å². The molecule has 0 bridgehead atoms. The molecule has 0 radical (unpaired) electrons. The van der Waals surface area contributed by atoms with Crippen LogP contribution in [-0.2, 0) is 4.74 Å². The van der Waals surface area contributed by atoms with Crippen molar-refractivity contribution in [3.63, 3.8) is 0 Å². The molecule has 0 spiro atoms. The quantitative estimate of drug-likeness (QED) is 0.725. The fourth-order valence-electron chi connectivity index (χ4n) is 2.01. The molecule has 0 aromatic carbocycles. The lowest BCUT2D eigenvalue weighted by molar-refractivity contribution is -0.000932. The summed E-state index contributed by atoms with van der Waals surface area (Å²) in [5, 5.41) is 0. The standard InChI is InChI=1S/C11H24N2O/c1-3-7-14-11-5-4-6-13(9-11)8-10(2)12/h10-11H,3-9,12H2,1-2H3/t10-,11?/m1/s1. The molecule has 0 aromatic heterocycles. The Morgan fingerprint density at radius 1 is 1.57 bits per heavy atom. The first-order valence-corrected chi connectivity index (χ1v) is 5.82. The number of rotatable bonds is 5. The van der Waals surface area contributed by atoms with Crippen molar-refractivity contribution >= 4 is 0 Å². The molecule has 1 saturated heterocycles. The van der Waals surface area contributed by atoms with Gasteiger partial charge in [-0.2, -0.15) is 0 Å². The third-order valence-electron chi connectivity index (χ3n) is 2.57. The molecule has 3 nitrogen and oxygen atoms in total. The number of piperidine rings is 1. The van der Waals surface area contributed by atoms with E-state index in [1.54, 1.807) is 0 Å². The van der Waals surface area contributed by atoms with Crippen LogP contribution in [0.3, 0.4) is 0 Å². The van der Waals surface area contributed by atoms with Crippen molar-refractivity contribution < 1.29 is 4.74 Å². The van der Waals surface area contributed by atoms with Gasteiger partial charge in [-0.05, 0) is 32.7 Å². The zero-order chi connectivity index (χ0) is 10.4. The Morgan fingerprint density at radius 3 is 3.00 bits per heavy atom. The average molecular weight is 200 g/mol. The lowest BCUT2D eigenvalue weighted by Crippen LogP contribution is -2.44. The Kier molecular flexibility index (Phi) is 5.45. The normalized spacial score (nSPS) is 26.4. The van der Waals surface area contributed by atoms with Crippen molar-refractivity contribution in [1.82, 2.24) is 4.90 Å². The van der Waals surface area contributed by atoms with Crippen LogP contribution < -0.4 is 5.73 Å². The first-order chi connectivity index (χ1) is 6.72. The number of hydrogen-bond donors (Lipinski definition) is 1. The molecule has 14 heavy (non-hydrogen) atoms. The number of nitrogens with zero attached hydrogens (tertiary/aromatic N) is 1. The van der Waals surface area contributed by atoms with Crippen LogP contribution in [0.1, 0.15) is 33.1 Å². The summed E-state index contributed by atoms with van der Waals surface area (Å²) in [5.74, 6) is 0. The van der Waals surface area contributed by atoms with Crippen LogP contribution in [0.4, 0.5) is 0 Å². The van der Waals surface area contributed by atoms with E-state index in [2.05, 4.69) is 18.7 Å². The first-order valence-electron chi connectivity index (χ1n) is 5.82. The number of hydrogen-bond acceptors (Lipinski definition) is 3. The molecule has 1 aliphatic heterocycles. The Labute approximate surface area is 87.6 Å². The van der Waals surface area contributed by atoms with Crippen molar-refractivity contribution in [3.05, 3.63) is 0 Å². The fraction of sp³-hybridized carbons (Fsp3) is 1.00. The Morgan fingerprint density at radius 2 is 2.36 bits per heavy atom. The fourth-order valence-corrected chi connectivity index (χ4v) is 2.01. The first kappa shape index (κ1) is 12.0. The second-order valence-corrected chi connectivity index (χ2v) is 4.37. The summed E-state index contributed by atoms with van der Waals surface area (Å²) in [6.07, 6.45) is 4.03. The molecule has 0 aromatic rings. The van der Waals surface area contributed by atoms with E-state index >= 15 is 0 Å². The minimum absolute atomic E-state index is 0.278. The minimum atomic E-state index is 0.278. The van der Waals surface area contributed by atoms with Crippen LogP contribution in [-0.4, -0.2) is 43.3 Å². The zero-order valence-electron chi connectivity index (χ0n) is 9.54. The van der Waals surface area contributed by atoms with Crippen molar-refractivity contribution in [2.24, 2.45) is 5.73 Å². The van der Waals surface area contributed by atoms with Crippen LogP contribution in [0.15, 0.2) is 0 Å². The smallest absolute Gasteiger partial charge is 0.0702 e. The van der Waals surface area contributed by atoms with E-state index in [1.807, 2.05) is 0 Å². The molecule has 0 amide bonds. The molecule has 1 unspecified atom stereocenters. The maximum Gasteiger partial charge on any atom is 0.0702 e. The molecule has 84 valence electrons. The van der Waals surface area contributed by atoms with Gasteiger partial charge in [0.15, 0.2) is 0 Å². The molecule has 2 atom stereocenters. The van der Waals surface area contributed by atoms with E-state index in [4.69, 9.17) is 10.5 Å². The summed E-state index contributed by atoms with van der Waals surface area (Å²) in [6.45, 7) is 8.39. The molecule has 1 aliphatic rings. The molecule has 0 aliphatic carbocycles. The molecule has 1 fully saturated rings.